The number of likely N-dealkylation sites (tertiary alicyclic amines) is 1. The highest BCUT2D eigenvalue weighted by atomic mass is 32.1. The highest BCUT2D eigenvalue weighted by Gasteiger charge is 2.45. The summed E-state index contributed by atoms with van der Waals surface area (Å²) in [5, 5.41) is 26.8. The van der Waals surface area contributed by atoms with Crippen molar-refractivity contribution in [3.8, 4) is 26.6 Å². The van der Waals surface area contributed by atoms with Gasteiger partial charge in [0.1, 0.15) is 29.0 Å². The molecular formula is C51H53N9O6S3. The van der Waals surface area contributed by atoms with E-state index < -0.39 is 47.4 Å². The van der Waals surface area contributed by atoms with Crippen LogP contribution in [0.15, 0.2) is 77.2 Å². The third kappa shape index (κ3) is 9.25. The number of aromatic nitrogens is 5. The van der Waals surface area contributed by atoms with Crippen molar-refractivity contribution in [2.45, 2.75) is 98.5 Å². The number of nitrogens with zero attached hydrogens (tertiary/aromatic N) is 7. The SMILES string of the molecule is COC(=O)CC1N=C(c2ccc(-c3ccc4sc(C(=O)N[C@H](C(=O)N5C[C@H](O)C[C@H]5C(=O)N[C@@H](C)c5ccc(-c6scnc6C)cc5)C(C)(C)C)nc4c3)cc2)c2c(sc(C)c2C)-n2c(C)nnc21. The van der Waals surface area contributed by atoms with Gasteiger partial charge in [-0.05, 0) is 80.0 Å². The van der Waals surface area contributed by atoms with Gasteiger partial charge >= 0.3 is 5.97 Å². The summed E-state index contributed by atoms with van der Waals surface area (Å²) in [6.45, 7) is 15.4. The molecule has 3 aromatic carbocycles. The Morgan fingerprint density at radius 3 is 2.28 bits per heavy atom. The van der Waals surface area contributed by atoms with E-state index >= 15 is 0 Å². The molecule has 0 spiro atoms. The molecule has 1 fully saturated rings. The number of aliphatic hydroxyl groups excluding tert-OH is 1. The molecule has 15 nitrogen and oxygen atoms in total. The van der Waals surface area contributed by atoms with Gasteiger partial charge in [0, 0.05) is 29.0 Å². The van der Waals surface area contributed by atoms with E-state index in [0.717, 1.165) is 69.8 Å². The van der Waals surface area contributed by atoms with E-state index in [1.54, 1.807) is 22.7 Å². The minimum absolute atomic E-state index is 0.0113. The van der Waals surface area contributed by atoms with Crippen LogP contribution >= 0.6 is 34.0 Å². The van der Waals surface area contributed by atoms with E-state index in [4.69, 9.17) is 14.7 Å². The molecule has 6 heterocycles. The summed E-state index contributed by atoms with van der Waals surface area (Å²) in [7, 11) is 1.36. The average molecular weight is 984 g/mol. The van der Waals surface area contributed by atoms with Gasteiger partial charge in [0.15, 0.2) is 10.8 Å². The van der Waals surface area contributed by atoms with Gasteiger partial charge in [0.2, 0.25) is 11.8 Å². The molecule has 7 aromatic rings. The molecule has 3 amide bonds. The van der Waals surface area contributed by atoms with Crippen LogP contribution in [0, 0.1) is 33.1 Å². The number of amides is 3. The third-order valence-electron chi connectivity index (χ3n) is 12.9. The molecule has 4 aromatic heterocycles. The Bertz CT molecular complexity index is 3160. The van der Waals surface area contributed by atoms with Crippen molar-refractivity contribution in [2.24, 2.45) is 10.4 Å². The molecule has 69 heavy (non-hydrogen) atoms. The molecule has 1 unspecified atom stereocenters. The minimum atomic E-state index is -1.03. The lowest BCUT2D eigenvalue weighted by atomic mass is 9.85. The summed E-state index contributed by atoms with van der Waals surface area (Å²) in [6.07, 6.45) is -0.816. The van der Waals surface area contributed by atoms with Gasteiger partial charge in [-0.2, -0.15) is 0 Å². The molecule has 2 aliphatic heterocycles. The molecule has 1 saturated heterocycles. The van der Waals surface area contributed by atoms with Crippen LogP contribution in [0.2, 0.25) is 0 Å². The van der Waals surface area contributed by atoms with Crippen molar-refractivity contribution >= 4 is 73.6 Å². The maximum Gasteiger partial charge on any atom is 0.308 e. The first-order chi connectivity index (χ1) is 32.9. The average Bonchev–Trinajstić information content (AvgIpc) is 4.16. The van der Waals surface area contributed by atoms with Gasteiger partial charge in [0.05, 0.1) is 57.7 Å². The number of carbonyl (C=O) groups is 4. The lowest BCUT2D eigenvalue weighted by Gasteiger charge is -2.35. The second kappa shape index (κ2) is 18.8. The predicted molar refractivity (Wildman–Crippen MR) is 269 cm³/mol. The Hall–Kier alpha value is -6.47. The fourth-order valence-corrected chi connectivity index (χ4v) is 11.9. The maximum absolute atomic E-state index is 14.4. The predicted octanol–water partition coefficient (Wildman–Crippen LogP) is 8.40. The summed E-state index contributed by atoms with van der Waals surface area (Å²) >= 11 is 4.44. The van der Waals surface area contributed by atoms with Crippen LogP contribution in [0.25, 0.3) is 36.8 Å². The van der Waals surface area contributed by atoms with Crippen LogP contribution in [0.3, 0.4) is 0 Å². The molecule has 18 heteroatoms. The maximum atomic E-state index is 14.4. The first-order valence-electron chi connectivity index (χ1n) is 22.7. The number of fused-ring (bicyclic) bond motifs is 4. The number of methoxy groups -OCH3 is 1. The first-order valence-corrected chi connectivity index (χ1v) is 25.2. The highest BCUT2D eigenvalue weighted by molar-refractivity contribution is 7.20. The number of thiazole rings is 2. The number of thiophene rings is 1. The summed E-state index contributed by atoms with van der Waals surface area (Å²) in [6, 6.07) is 18.9. The number of ether oxygens (including phenoxy) is 1. The van der Waals surface area contributed by atoms with E-state index in [9.17, 15) is 24.3 Å². The molecule has 2 aliphatic rings. The largest absolute Gasteiger partial charge is 0.469 e. The molecule has 5 atom stereocenters. The number of hydrogen-bond donors (Lipinski definition) is 3. The van der Waals surface area contributed by atoms with Crippen LogP contribution in [0.1, 0.15) is 107 Å². The summed E-state index contributed by atoms with van der Waals surface area (Å²) < 4.78 is 7.84. The zero-order valence-electron chi connectivity index (χ0n) is 39.8. The second-order valence-electron chi connectivity index (χ2n) is 18.7. The molecule has 0 saturated carbocycles. The molecule has 0 aliphatic carbocycles. The number of β-amino-alcohol motifs (C(OH)–C–C–N with tert-alkyl or cyclic N) is 1. The quantitative estimate of drug-likeness (QED) is 0.106. The number of nitrogens with one attached hydrogen (secondary N) is 2. The third-order valence-corrected chi connectivity index (χ3v) is 16.1. The van der Waals surface area contributed by atoms with Gasteiger partial charge in [-0.3, -0.25) is 28.7 Å². The normalized spacial score (nSPS) is 17.7. The van der Waals surface area contributed by atoms with Crippen molar-refractivity contribution in [2.75, 3.05) is 13.7 Å². The summed E-state index contributed by atoms with van der Waals surface area (Å²) in [4.78, 5) is 72.8. The van der Waals surface area contributed by atoms with Gasteiger partial charge < -0.3 is 25.4 Å². The van der Waals surface area contributed by atoms with Crippen LogP contribution in [-0.4, -0.2) is 96.0 Å². The van der Waals surface area contributed by atoms with E-state index in [2.05, 4.69) is 39.7 Å². The number of rotatable bonds is 11. The smallest absolute Gasteiger partial charge is 0.308 e. The Morgan fingerprint density at radius 1 is 0.899 bits per heavy atom. The number of aliphatic hydroxyl groups is 1. The van der Waals surface area contributed by atoms with E-state index in [-0.39, 0.29) is 36.3 Å². The van der Waals surface area contributed by atoms with E-state index in [1.807, 2.05) is 118 Å². The molecule has 3 N–H and O–H groups in total. The van der Waals surface area contributed by atoms with Crippen LogP contribution in [0.5, 0.6) is 0 Å². The van der Waals surface area contributed by atoms with Crippen molar-refractivity contribution in [3.05, 3.63) is 122 Å². The zero-order valence-corrected chi connectivity index (χ0v) is 42.2. The molecule has 356 valence electrons. The molecule has 0 bridgehead atoms. The molecular weight excluding hydrogens is 931 g/mol. The summed E-state index contributed by atoms with van der Waals surface area (Å²) in [5.41, 5.74) is 10.1. The Labute approximate surface area is 411 Å². The Morgan fingerprint density at radius 2 is 1.59 bits per heavy atom. The Kier molecular flexibility index (Phi) is 13.0. The number of aliphatic imine (C=N–C) groups is 1. The van der Waals surface area contributed by atoms with Crippen molar-refractivity contribution in [1.29, 1.82) is 0 Å². The van der Waals surface area contributed by atoms with Crippen molar-refractivity contribution in [3.63, 3.8) is 0 Å². The number of carbonyl (C=O) groups excluding carboxylic acids is 4. The van der Waals surface area contributed by atoms with Crippen LogP contribution in [-0.2, 0) is 19.1 Å². The van der Waals surface area contributed by atoms with Crippen LogP contribution < -0.4 is 10.6 Å². The number of esters is 1. The van der Waals surface area contributed by atoms with Gasteiger partial charge in [-0.25, -0.2) is 9.97 Å². The van der Waals surface area contributed by atoms with Gasteiger partial charge in [-0.15, -0.1) is 44.2 Å². The first kappa shape index (κ1) is 47.6. The molecule has 0 radical (unpaired) electrons. The van der Waals surface area contributed by atoms with E-state index in [0.29, 0.717) is 17.2 Å². The zero-order chi connectivity index (χ0) is 49.1. The highest BCUT2D eigenvalue weighted by Crippen LogP contribution is 2.40. The number of aryl methyl sites for hydroxylation is 3. The second-order valence-corrected chi connectivity index (χ2v) is 21.8. The number of hydrogen-bond acceptors (Lipinski definition) is 14. The van der Waals surface area contributed by atoms with E-state index in [1.165, 1.54) is 23.3 Å². The van der Waals surface area contributed by atoms with Crippen molar-refractivity contribution in [1.82, 2.24) is 40.3 Å². The number of benzene rings is 3. The topological polar surface area (TPSA) is 194 Å². The lowest BCUT2D eigenvalue weighted by Crippen LogP contribution is -2.57. The minimum Gasteiger partial charge on any atom is -0.469 e. The van der Waals surface area contributed by atoms with Gasteiger partial charge in [0.25, 0.3) is 5.91 Å². The van der Waals surface area contributed by atoms with Crippen molar-refractivity contribution < 1.29 is 29.0 Å². The lowest BCUT2D eigenvalue weighted by molar-refractivity contribution is -0.142. The molecule has 9 rings (SSSR count). The Balaban J connectivity index is 0.914. The fraction of sp³-hybridized carbons (Fsp3) is 0.353. The summed E-state index contributed by atoms with van der Waals surface area (Å²) in [5.74, 6) is -0.445. The standard InChI is InChI=1S/C51H53N9O6S3/c1-25-28(4)68-50-41(25)42(54-37(22-40(62)66-9)45-58-57-29(5)60(45)50)32-14-12-31(13-15-32)34-18-19-39-36(20-34)55-48(69-39)47(64)56-44(51(6,7)8)49(65)59-23-35(61)21-38(59)46(63)53-26(2)30-10-16-33(17-11-30)43-27(3)52-24-67-43/h10-20,24,26,35,37-38,44,61H,21-23H2,1-9H3,(H,53,63)(H,56,64)/t26-,35+,37?,38-,44+/m0/s1. The van der Waals surface area contributed by atoms with Crippen LogP contribution in [0.4, 0.5) is 0 Å². The monoisotopic (exact) mass is 983 g/mol. The fourth-order valence-electron chi connectivity index (χ4n) is 9.00. The van der Waals surface area contributed by atoms with Gasteiger partial charge in [-0.1, -0.05) is 75.4 Å².